The summed E-state index contributed by atoms with van der Waals surface area (Å²) in [4.78, 5) is 4.62. The van der Waals surface area contributed by atoms with Gasteiger partial charge in [-0.1, -0.05) is 36.4 Å². The van der Waals surface area contributed by atoms with Gasteiger partial charge in [-0.2, -0.15) is 0 Å². The summed E-state index contributed by atoms with van der Waals surface area (Å²) in [6.07, 6.45) is 3.88. The van der Waals surface area contributed by atoms with Crippen LogP contribution < -0.4 is 4.74 Å². The molecule has 0 unspecified atom stereocenters. The van der Waals surface area contributed by atoms with Crippen molar-refractivity contribution >= 4 is 34.0 Å². The molecule has 0 radical (unpaired) electrons. The van der Waals surface area contributed by atoms with Gasteiger partial charge in [-0.15, -0.1) is 0 Å². The average molecular weight is 301 g/mol. The van der Waals surface area contributed by atoms with Crippen LogP contribution in [0.5, 0.6) is 5.75 Å². The highest BCUT2D eigenvalue weighted by Crippen LogP contribution is 2.29. The zero-order valence-corrected chi connectivity index (χ0v) is 12.7. The van der Waals surface area contributed by atoms with Crippen LogP contribution in [-0.4, -0.2) is 12.1 Å². The second-order valence-electron chi connectivity index (χ2n) is 5.29. The monoisotopic (exact) mass is 301 g/mol. The predicted molar refractivity (Wildman–Crippen MR) is 93.4 cm³/mol. The molecule has 2 heterocycles. The van der Waals surface area contributed by atoms with Crippen molar-refractivity contribution < 1.29 is 9.15 Å². The third kappa shape index (κ3) is 2.57. The lowest BCUT2D eigenvalue weighted by molar-refractivity contribution is 0.410. The van der Waals surface area contributed by atoms with Gasteiger partial charge in [-0.25, -0.2) is 4.98 Å². The van der Waals surface area contributed by atoms with Crippen molar-refractivity contribution in [1.82, 2.24) is 4.98 Å². The number of hydrogen-bond donors (Lipinski definition) is 0. The standard InChI is InChI=1S/C20H15NO2/c1-22-19-8-4-6-15-13-17(23-20(15)19)12-11-16-10-9-14-5-2-3-7-18(14)21-16/h2-13H,1H3/b12-11+. The number of methoxy groups -OCH3 is 1. The van der Waals surface area contributed by atoms with E-state index in [1.165, 1.54) is 0 Å². The lowest BCUT2D eigenvalue weighted by atomic mass is 10.2. The summed E-state index contributed by atoms with van der Waals surface area (Å²) in [5.41, 5.74) is 2.65. The Hall–Kier alpha value is -3.07. The van der Waals surface area contributed by atoms with Crippen LogP contribution in [-0.2, 0) is 0 Å². The van der Waals surface area contributed by atoms with Crippen LogP contribution in [0.4, 0.5) is 0 Å². The van der Waals surface area contributed by atoms with Crippen LogP contribution in [0.25, 0.3) is 34.0 Å². The van der Waals surface area contributed by atoms with Gasteiger partial charge in [0, 0.05) is 10.8 Å². The second-order valence-corrected chi connectivity index (χ2v) is 5.29. The summed E-state index contributed by atoms with van der Waals surface area (Å²) >= 11 is 0. The van der Waals surface area contributed by atoms with Crippen molar-refractivity contribution in [2.24, 2.45) is 0 Å². The zero-order valence-electron chi connectivity index (χ0n) is 12.7. The van der Waals surface area contributed by atoms with Crippen molar-refractivity contribution in [3.05, 3.63) is 72.1 Å². The Kier molecular flexibility index (Phi) is 3.31. The van der Waals surface area contributed by atoms with Crippen LogP contribution in [0.3, 0.4) is 0 Å². The molecule has 0 saturated carbocycles. The van der Waals surface area contributed by atoms with Crippen LogP contribution >= 0.6 is 0 Å². The van der Waals surface area contributed by atoms with Gasteiger partial charge in [-0.05, 0) is 36.4 Å². The number of para-hydroxylation sites is 2. The third-order valence-electron chi connectivity index (χ3n) is 3.79. The molecule has 3 heteroatoms. The number of pyridine rings is 1. The Bertz CT molecular complexity index is 1010. The molecule has 4 aromatic rings. The SMILES string of the molecule is COc1cccc2cc(/C=C/c3ccc4ccccc4n3)oc12. The summed E-state index contributed by atoms with van der Waals surface area (Å²) in [5.74, 6) is 1.52. The normalized spacial score (nSPS) is 11.5. The number of ether oxygens (including phenoxy) is 1. The van der Waals surface area contributed by atoms with Crippen molar-refractivity contribution in [2.75, 3.05) is 7.11 Å². The van der Waals surface area contributed by atoms with Gasteiger partial charge in [0.25, 0.3) is 0 Å². The smallest absolute Gasteiger partial charge is 0.176 e. The molecule has 0 fully saturated rings. The number of rotatable bonds is 3. The number of furan rings is 1. The first-order chi connectivity index (χ1) is 11.3. The van der Waals surface area contributed by atoms with Crippen molar-refractivity contribution in [2.45, 2.75) is 0 Å². The van der Waals surface area contributed by atoms with E-state index in [0.29, 0.717) is 0 Å². The molecule has 23 heavy (non-hydrogen) atoms. The summed E-state index contributed by atoms with van der Waals surface area (Å²) in [6.45, 7) is 0. The summed E-state index contributed by atoms with van der Waals surface area (Å²) in [7, 11) is 1.64. The Labute approximate surface area is 133 Å². The van der Waals surface area contributed by atoms with E-state index in [1.807, 2.05) is 60.7 Å². The molecule has 0 N–H and O–H groups in total. The Balaban J connectivity index is 1.69. The number of aromatic nitrogens is 1. The minimum atomic E-state index is 0.742. The van der Waals surface area contributed by atoms with Gasteiger partial charge in [0.2, 0.25) is 0 Å². The molecule has 0 aliphatic carbocycles. The van der Waals surface area contributed by atoms with Gasteiger partial charge < -0.3 is 9.15 Å². The van der Waals surface area contributed by atoms with Crippen molar-refractivity contribution in [3.63, 3.8) is 0 Å². The van der Waals surface area contributed by atoms with E-state index in [9.17, 15) is 0 Å². The van der Waals surface area contributed by atoms with E-state index in [1.54, 1.807) is 7.11 Å². The maximum Gasteiger partial charge on any atom is 0.176 e. The maximum atomic E-state index is 5.86. The Morgan fingerprint density at radius 3 is 2.70 bits per heavy atom. The lowest BCUT2D eigenvalue weighted by Gasteiger charge is -1.98. The van der Waals surface area contributed by atoms with Gasteiger partial charge in [0.15, 0.2) is 11.3 Å². The summed E-state index contributed by atoms with van der Waals surface area (Å²) in [5, 5.41) is 2.16. The number of benzene rings is 2. The highest BCUT2D eigenvalue weighted by molar-refractivity contribution is 5.86. The first-order valence-corrected chi connectivity index (χ1v) is 7.44. The topological polar surface area (TPSA) is 35.3 Å². The van der Waals surface area contributed by atoms with Crippen LogP contribution in [0, 0.1) is 0 Å². The molecule has 0 saturated heterocycles. The minimum Gasteiger partial charge on any atom is -0.493 e. The highest BCUT2D eigenvalue weighted by atomic mass is 16.5. The fourth-order valence-corrected chi connectivity index (χ4v) is 2.64. The molecule has 0 bridgehead atoms. The summed E-state index contributed by atoms with van der Waals surface area (Å²) in [6, 6.07) is 20.0. The van der Waals surface area contributed by atoms with E-state index in [-0.39, 0.29) is 0 Å². The summed E-state index contributed by atoms with van der Waals surface area (Å²) < 4.78 is 11.2. The number of fused-ring (bicyclic) bond motifs is 2. The number of nitrogens with zero attached hydrogens (tertiary/aromatic N) is 1. The van der Waals surface area contributed by atoms with E-state index in [0.717, 1.165) is 39.1 Å². The van der Waals surface area contributed by atoms with Gasteiger partial charge >= 0.3 is 0 Å². The number of hydrogen-bond acceptors (Lipinski definition) is 3. The minimum absolute atomic E-state index is 0.742. The molecule has 0 aliphatic heterocycles. The highest BCUT2D eigenvalue weighted by Gasteiger charge is 2.06. The van der Waals surface area contributed by atoms with E-state index < -0.39 is 0 Å². The molecule has 0 aliphatic rings. The second kappa shape index (κ2) is 5.61. The van der Waals surface area contributed by atoms with Crippen molar-refractivity contribution in [3.8, 4) is 5.75 Å². The molecule has 0 spiro atoms. The van der Waals surface area contributed by atoms with Gasteiger partial charge in [-0.3, -0.25) is 0 Å². The zero-order chi connectivity index (χ0) is 15.6. The first kappa shape index (κ1) is 13.6. The molecular formula is C20H15NO2. The fraction of sp³-hybridized carbons (Fsp3) is 0.0500. The van der Waals surface area contributed by atoms with Gasteiger partial charge in [0.05, 0.1) is 18.3 Å². The van der Waals surface area contributed by atoms with E-state index >= 15 is 0 Å². The van der Waals surface area contributed by atoms with Crippen LogP contribution in [0.15, 0.2) is 65.1 Å². The first-order valence-electron chi connectivity index (χ1n) is 7.44. The largest absolute Gasteiger partial charge is 0.493 e. The molecular weight excluding hydrogens is 286 g/mol. The molecule has 3 nitrogen and oxygen atoms in total. The van der Waals surface area contributed by atoms with Crippen LogP contribution in [0.1, 0.15) is 11.5 Å². The van der Waals surface area contributed by atoms with Crippen LogP contribution in [0.2, 0.25) is 0 Å². The fourth-order valence-electron chi connectivity index (χ4n) is 2.64. The quantitative estimate of drug-likeness (QED) is 0.524. The molecule has 4 rings (SSSR count). The lowest BCUT2D eigenvalue weighted by Crippen LogP contribution is -1.82. The van der Waals surface area contributed by atoms with Gasteiger partial charge in [0.1, 0.15) is 5.76 Å². The van der Waals surface area contributed by atoms with E-state index in [2.05, 4.69) is 17.1 Å². The predicted octanol–water partition coefficient (Wildman–Crippen LogP) is 5.16. The molecule has 0 atom stereocenters. The molecule has 0 amide bonds. The average Bonchev–Trinajstić information content (AvgIpc) is 3.02. The molecule has 112 valence electrons. The Morgan fingerprint density at radius 2 is 1.78 bits per heavy atom. The Morgan fingerprint density at radius 1 is 0.913 bits per heavy atom. The van der Waals surface area contributed by atoms with Crippen molar-refractivity contribution in [1.29, 1.82) is 0 Å². The maximum absolute atomic E-state index is 5.86. The van der Waals surface area contributed by atoms with E-state index in [4.69, 9.17) is 9.15 Å². The third-order valence-corrected chi connectivity index (χ3v) is 3.79. The molecule has 2 aromatic carbocycles. The molecule has 2 aromatic heterocycles.